The minimum atomic E-state index is -0.494. The van der Waals surface area contributed by atoms with Crippen molar-refractivity contribution in [3.63, 3.8) is 0 Å². The molecule has 0 spiro atoms. The number of nitrogens with zero attached hydrogens (tertiary/aromatic N) is 2. The van der Waals surface area contributed by atoms with Gasteiger partial charge in [0.25, 0.3) is 5.69 Å². The summed E-state index contributed by atoms with van der Waals surface area (Å²) in [4.78, 5) is 15.2. The Morgan fingerprint density at radius 2 is 2.41 bits per heavy atom. The van der Waals surface area contributed by atoms with Crippen LogP contribution >= 0.6 is 11.6 Å². The number of non-ortho nitro benzene ring substituents is 1. The molecule has 1 aromatic rings. The van der Waals surface area contributed by atoms with Crippen molar-refractivity contribution in [2.75, 3.05) is 13.2 Å². The van der Waals surface area contributed by atoms with Crippen LogP contribution in [0.15, 0.2) is 18.2 Å². The Morgan fingerprint density at radius 3 is 2.94 bits per heavy atom. The van der Waals surface area contributed by atoms with E-state index < -0.39 is 11.0 Å². The van der Waals surface area contributed by atoms with Gasteiger partial charge in [-0.25, -0.2) is 0 Å². The van der Waals surface area contributed by atoms with E-state index in [1.165, 1.54) is 12.1 Å². The molecule has 1 aromatic carbocycles. The van der Waals surface area contributed by atoms with E-state index in [9.17, 15) is 15.2 Å². The number of rotatable bonds is 3. The summed E-state index contributed by atoms with van der Waals surface area (Å²) in [6, 6.07) is 4.30. The van der Waals surface area contributed by atoms with Crippen LogP contribution in [0.3, 0.4) is 0 Å². The highest BCUT2D eigenvalue weighted by atomic mass is 35.5. The lowest BCUT2D eigenvalue weighted by atomic mass is 10.2. The predicted octanol–water partition coefficient (Wildman–Crippen LogP) is 1.36. The number of hydroxylamine groups is 2. The first-order valence-electron chi connectivity index (χ1n) is 5.05. The van der Waals surface area contributed by atoms with Gasteiger partial charge in [-0.05, 0) is 11.6 Å². The highest BCUT2D eigenvalue weighted by Crippen LogP contribution is 2.24. The molecule has 0 bridgehead atoms. The van der Waals surface area contributed by atoms with Gasteiger partial charge in [-0.3, -0.25) is 15.0 Å². The fraction of sp³-hybridized carbons (Fsp3) is 0.400. The van der Waals surface area contributed by atoms with Gasteiger partial charge < -0.3 is 5.11 Å². The van der Waals surface area contributed by atoms with Crippen LogP contribution in [0.1, 0.15) is 5.56 Å². The Hall–Kier alpha value is -1.21. The molecule has 17 heavy (non-hydrogen) atoms. The molecule has 2 rings (SSSR count). The zero-order chi connectivity index (χ0) is 12.4. The molecule has 1 N–H and O–H groups in total. The van der Waals surface area contributed by atoms with Crippen LogP contribution in [0, 0.1) is 10.1 Å². The maximum atomic E-state index is 10.5. The number of β-amino-alcohol motifs (C(OH)–C–C–N with tert-alkyl or cyclic N) is 1. The molecule has 1 aliphatic rings. The van der Waals surface area contributed by atoms with Crippen molar-refractivity contribution < 1.29 is 14.9 Å². The van der Waals surface area contributed by atoms with Crippen LogP contribution in [0.2, 0.25) is 5.02 Å². The van der Waals surface area contributed by atoms with Crippen LogP contribution < -0.4 is 0 Å². The predicted molar refractivity (Wildman–Crippen MR) is 60.5 cm³/mol. The summed E-state index contributed by atoms with van der Waals surface area (Å²) in [6.45, 7) is 1.08. The Labute approximate surface area is 102 Å². The third-order valence-electron chi connectivity index (χ3n) is 2.46. The second kappa shape index (κ2) is 4.97. The Bertz CT molecular complexity index is 440. The molecule has 1 heterocycles. The quantitative estimate of drug-likeness (QED) is 0.654. The zero-order valence-corrected chi connectivity index (χ0v) is 9.63. The third kappa shape index (κ3) is 2.92. The van der Waals surface area contributed by atoms with Gasteiger partial charge in [0.15, 0.2) is 0 Å². The number of hydrogen-bond acceptors (Lipinski definition) is 5. The molecular weight excluding hydrogens is 248 g/mol. The minimum absolute atomic E-state index is 0.0406. The van der Waals surface area contributed by atoms with Gasteiger partial charge in [0.2, 0.25) is 0 Å². The summed E-state index contributed by atoms with van der Waals surface area (Å²) in [5.74, 6) is 0. The van der Waals surface area contributed by atoms with E-state index in [1.54, 1.807) is 11.1 Å². The van der Waals surface area contributed by atoms with Gasteiger partial charge in [0.1, 0.15) is 0 Å². The van der Waals surface area contributed by atoms with E-state index in [4.69, 9.17) is 16.4 Å². The number of benzene rings is 1. The number of nitro benzene ring substituents is 1. The summed E-state index contributed by atoms with van der Waals surface area (Å²) in [5.41, 5.74) is 0.687. The lowest BCUT2D eigenvalue weighted by Crippen LogP contribution is -2.20. The summed E-state index contributed by atoms with van der Waals surface area (Å²) >= 11 is 5.94. The SMILES string of the molecule is O=[N+]([O-])c1ccc(CN2C[C@H](O)CO2)c(Cl)c1. The van der Waals surface area contributed by atoms with Gasteiger partial charge >= 0.3 is 0 Å². The maximum Gasteiger partial charge on any atom is 0.270 e. The molecular formula is C10H11ClN2O4. The van der Waals surface area contributed by atoms with Gasteiger partial charge in [0.05, 0.1) is 35.7 Å². The molecule has 1 atom stereocenters. The van der Waals surface area contributed by atoms with Crippen molar-refractivity contribution in [3.05, 3.63) is 38.9 Å². The van der Waals surface area contributed by atoms with Crippen molar-refractivity contribution in [1.82, 2.24) is 5.06 Å². The molecule has 0 aliphatic carbocycles. The fourth-order valence-corrected chi connectivity index (χ4v) is 1.84. The van der Waals surface area contributed by atoms with Crippen LogP contribution in [-0.2, 0) is 11.4 Å². The topological polar surface area (TPSA) is 75.8 Å². The molecule has 0 aromatic heterocycles. The van der Waals surface area contributed by atoms with Crippen molar-refractivity contribution in [1.29, 1.82) is 0 Å². The molecule has 7 heteroatoms. The molecule has 0 unspecified atom stereocenters. The highest BCUT2D eigenvalue weighted by molar-refractivity contribution is 6.31. The van der Waals surface area contributed by atoms with E-state index in [1.807, 2.05) is 0 Å². The number of nitro groups is 1. The first-order chi connectivity index (χ1) is 8.06. The largest absolute Gasteiger partial charge is 0.389 e. The van der Waals surface area contributed by atoms with E-state index >= 15 is 0 Å². The lowest BCUT2D eigenvalue weighted by molar-refractivity contribution is -0.384. The van der Waals surface area contributed by atoms with Crippen molar-refractivity contribution in [3.8, 4) is 0 Å². The first-order valence-corrected chi connectivity index (χ1v) is 5.43. The summed E-state index contributed by atoms with van der Waals surface area (Å²) < 4.78 is 0. The summed E-state index contributed by atoms with van der Waals surface area (Å²) in [7, 11) is 0. The standard InChI is InChI=1S/C10H11ClN2O4/c11-10-3-8(13(15)16)2-1-7(10)4-12-5-9(14)6-17-12/h1-3,9,14H,4-6H2/t9-/m0/s1. The van der Waals surface area contributed by atoms with Crippen LogP contribution in [0.5, 0.6) is 0 Å². The Balaban J connectivity index is 2.09. The molecule has 1 aliphatic heterocycles. The summed E-state index contributed by atoms with van der Waals surface area (Å²) in [6.07, 6.45) is -0.494. The van der Waals surface area contributed by atoms with Gasteiger partial charge in [-0.15, -0.1) is 0 Å². The second-order valence-electron chi connectivity index (χ2n) is 3.80. The molecule has 92 valence electrons. The normalized spacial score (nSPS) is 20.7. The van der Waals surface area contributed by atoms with Crippen molar-refractivity contribution >= 4 is 17.3 Å². The Kier molecular flexibility index (Phi) is 3.58. The Morgan fingerprint density at radius 1 is 1.65 bits per heavy atom. The average Bonchev–Trinajstić information content (AvgIpc) is 2.67. The number of aliphatic hydroxyl groups excluding tert-OH is 1. The van der Waals surface area contributed by atoms with E-state index in [0.29, 0.717) is 18.1 Å². The lowest BCUT2D eigenvalue weighted by Gasteiger charge is -2.14. The van der Waals surface area contributed by atoms with Gasteiger partial charge in [-0.2, -0.15) is 5.06 Å². The third-order valence-corrected chi connectivity index (χ3v) is 2.81. The second-order valence-corrected chi connectivity index (χ2v) is 4.21. The zero-order valence-electron chi connectivity index (χ0n) is 8.88. The fourth-order valence-electron chi connectivity index (χ4n) is 1.61. The van der Waals surface area contributed by atoms with E-state index in [0.717, 1.165) is 5.56 Å². The number of halogens is 1. The molecule has 6 nitrogen and oxygen atoms in total. The summed E-state index contributed by atoms with van der Waals surface area (Å²) in [5, 5.41) is 21.7. The van der Waals surface area contributed by atoms with Gasteiger partial charge in [0, 0.05) is 12.1 Å². The van der Waals surface area contributed by atoms with E-state index in [2.05, 4.69) is 0 Å². The molecule has 0 radical (unpaired) electrons. The van der Waals surface area contributed by atoms with Gasteiger partial charge in [-0.1, -0.05) is 11.6 Å². The monoisotopic (exact) mass is 258 g/mol. The number of aliphatic hydroxyl groups is 1. The van der Waals surface area contributed by atoms with Crippen molar-refractivity contribution in [2.24, 2.45) is 0 Å². The molecule has 1 saturated heterocycles. The molecule has 0 amide bonds. The highest BCUT2D eigenvalue weighted by Gasteiger charge is 2.22. The minimum Gasteiger partial charge on any atom is -0.389 e. The smallest absolute Gasteiger partial charge is 0.270 e. The van der Waals surface area contributed by atoms with Crippen LogP contribution in [-0.4, -0.2) is 34.3 Å². The first kappa shape index (κ1) is 12.3. The average molecular weight is 259 g/mol. The van der Waals surface area contributed by atoms with Crippen molar-refractivity contribution in [2.45, 2.75) is 12.6 Å². The number of hydrogen-bond donors (Lipinski definition) is 1. The van der Waals surface area contributed by atoms with Crippen LogP contribution in [0.25, 0.3) is 0 Å². The van der Waals surface area contributed by atoms with E-state index in [-0.39, 0.29) is 12.3 Å². The molecule has 0 saturated carbocycles. The molecule has 1 fully saturated rings. The van der Waals surface area contributed by atoms with Crippen LogP contribution in [0.4, 0.5) is 5.69 Å². The maximum absolute atomic E-state index is 10.5.